The average Bonchev–Trinajstić information content (AvgIpc) is 2.31. The van der Waals surface area contributed by atoms with Crippen molar-refractivity contribution in [1.29, 1.82) is 0 Å². The first-order chi connectivity index (χ1) is 8.11. The molecule has 1 aromatic rings. The van der Waals surface area contributed by atoms with Crippen molar-refractivity contribution in [3.05, 3.63) is 35.4 Å². The van der Waals surface area contributed by atoms with Crippen LogP contribution in [0.3, 0.4) is 0 Å². The zero-order valence-corrected chi connectivity index (χ0v) is 10.4. The van der Waals surface area contributed by atoms with Crippen LogP contribution in [-0.2, 0) is 0 Å². The van der Waals surface area contributed by atoms with Crippen molar-refractivity contribution in [1.82, 2.24) is 4.90 Å². The minimum Gasteiger partial charge on any atom is -0.329 e. The Hall–Kier alpha value is -1.00. The third-order valence-electron chi connectivity index (χ3n) is 2.95. The summed E-state index contributed by atoms with van der Waals surface area (Å²) in [5.41, 5.74) is 5.72. The van der Waals surface area contributed by atoms with Crippen LogP contribution in [0.4, 0.5) is 8.78 Å². The van der Waals surface area contributed by atoms with Crippen molar-refractivity contribution in [2.45, 2.75) is 25.8 Å². The van der Waals surface area contributed by atoms with Crippen LogP contribution < -0.4 is 5.73 Å². The van der Waals surface area contributed by atoms with E-state index in [1.165, 1.54) is 18.2 Å². The Balaban J connectivity index is 2.93. The molecule has 0 fully saturated rings. The van der Waals surface area contributed by atoms with Gasteiger partial charge < -0.3 is 5.73 Å². The lowest BCUT2D eigenvalue weighted by atomic mass is 10.0. The fourth-order valence-electron chi connectivity index (χ4n) is 1.91. The number of likely N-dealkylation sites (N-methyl/N-ethyl adjacent to an activating group) is 1. The Kier molecular flexibility index (Phi) is 5.51. The molecule has 0 bridgehead atoms. The third kappa shape index (κ3) is 3.48. The number of hydrogen-bond donors (Lipinski definition) is 1. The number of halogens is 2. The van der Waals surface area contributed by atoms with E-state index in [2.05, 4.69) is 6.92 Å². The maximum atomic E-state index is 13.6. The lowest BCUT2D eigenvalue weighted by molar-refractivity contribution is 0.236. The number of nitrogens with zero attached hydrogens (tertiary/aromatic N) is 1. The van der Waals surface area contributed by atoms with Crippen molar-refractivity contribution in [2.24, 2.45) is 5.73 Å². The van der Waals surface area contributed by atoms with E-state index in [-0.39, 0.29) is 12.1 Å². The number of rotatable bonds is 6. The van der Waals surface area contributed by atoms with E-state index in [4.69, 9.17) is 5.73 Å². The van der Waals surface area contributed by atoms with Crippen molar-refractivity contribution < 1.29 is 8.78 Å². The van der Waals surface area contributed by atoms with Crippen molar-refractivity contribution >= 4 is 0 Å². The zero-order chi connectivity index (χ0) is 12.8. The third-order valence-corrected chi connectivity index (χ3v) is 2.95. The van der Waals surface area contributed by atoms with Crippen LogP contribution in [0.15, 0.2) is 18.2 Å². The summed E-state index contributed by atoms with van der Waals surface area (Å²) >= 11 is 0. The molecule has 0 heterocycles. The monoisotopic (exact) mass is 242 g/mol. The summed E-state index contributed by atoms with van der Waals surface area (Å²) in [5, 5.41) is 0. The predicted molar refractivity (Wildman–Crippen MR) is 65.7 cm³/mol. The predicted octanol–water partition coefficient (Wildman–Crippen LogP) is 2.70. The van der Waals surface area contributed by atoms with Crippen LogP contribution in [0.5, 0.6) is 0 Å². The van der Waals surface area contributed by atoms with Gasteiger partial charge in [0.25, 0.3) is 0 Å². The molecule has 17 heavy (non-hydrogen) atoms. The molecule has 1 rings (SSSR count). The Labute approximate surface area is 101 Å². The summed E-state index contributed by atoms with van der Waals surface area (Å²) < 4.78 is 27.3. The van der Waals surface area contributed by atoms with Gasteiger partial charge in [-0.15, -0.1) is 0 Å². The van der Waals surface area contributed by atoms with Crippen LogP contribution in [-0.4, -0.2) is 25.0 Å². The Morgan fingerprint density at radius 2 is 1.88 bits per heavy atom. The molecule has 0 saturated carbocycles. The second-order valence-corrected chi connectivity index (χ2v) is 4.22. The van der Waals surface area contributed by atoms with Crippen LogP contribution in [0.25, 0.3) is 0 Å². The zero-order valence-electron chi connectivity index (χ0n) is 10.4. The number of hydrogen-bond acceptors (Lipinski definition) is 2. The summed E-state index contributed by atoms with van der Waals surface area (Å²) in [5.74, 6) is -1.05. The lowest BCUT2D eigenvalue weighted by Gasteiger charge is -2.27. The second-order valence-electron chi connectivity index (χ2n) is 4.22. The molecular formula is C13H20F2N2. The SMILES string of the molecule is CCCCN(C)C(CN)c1c(F)cccc1F. The fraction of sp³-hybridized carbons (Fsp3) is 0.538. The summed E-state index contributed by atoms with van der Waals surface area (Å²) in [7, 11) is 1.85. The van der Waals surface area contributed by atoms with Crippen LogP contribution in [0.1, 0.15) is 31.4 Å². The average molecular weight is 242 g/mol. The van der Waals surface area contributed by atoms with Gasteiger partial charge in [-0.05, 0) is 32.1 Å². The summed E-state index contributed by atoms with van der Waals surface area (Å²) in [6.45, 7) is 3.07. The van der Waals surface area contributed by atoms with Crippen LogP contribution in [0, 0.1) is 11.6 Å². The summed E-state index contributed by atoms with van der Waals surface area (Å²) in [6.07, 6.45) is 2.03. The number of unbranched alkanes of at least 4 members (excludes halogenated alkanes) is 1. The first-order valence-electron chi connectivity index (χ1n) is 5.96. The molecule has 0 aliphatic carbocycles. The molecule has 4 heteroatoms. The van der Waals surface area contributed by atoms with Gasteiger partial charge in [0.05, 0.1) is 6.04 Å². The van der Waals surface area contributed by atoms with Crippen molar-refractivity contribution in [3.8, 4) is 0 Å². The maximum absolute atomic E-state index is 13.6. The normalized spacial score (nSPS) is 13.1. The van der Waals surface area contributed by atoms with Gasteiger partial charge in [-0.2, -0.15) is 0 Å². The fourth-order valence-corrected chi connectivity index (χ4v) is 1.91. The van der Waals surface area contributed by atoms with Gasteiger partial charge >= 0.3 is 0 Å². The Bertz CT molecular complexity index is 335. The summed E-state index contributed by atoms with van der Waals surface area (Å²) in [4.78, 5) is 1.91. The van der Waals surface area contributed by atoms with E-state index in [9.17, 15) is 8.78 Å². The lowest BCUT2D eigenvalue weighted by Crippen LogP contribution is -2.32. The van der Waals surface area contributed by atoms with E-state index in [0.29, 0.717) is 0 Å². The molecule has 1 atom stereocenters. The highest BCUT2D eigenvalue weighted by Gasteiger charge is 2.22. The van der Waals surface area contributed by atoms with Gasteiger partial charge in [0.1, 0.15) is 11.6 Å². The molecule has 0 aliphatic heterocycles. The quantitative estimate of drug-likeness (QED) is 0.831. The molecular weight excluding hydrogens is 222 g/mol. The van der Waals surface area contributed by atoms with Crippen LogP contribution >= 0.6 is 0 Å². The molecule has 0 spiro atoms. The molecule has 0 saturated heterocycles. The minimum atomic E-state index is -0.524. The molecule has 96 valence electrons. The van der Waals surface area contributed by atoms with E-state index in [1.54, 1.807) is 0 Å². The van der Waals surface area contributed by atoms with Gasteiger partial charge in [-0.3, -0.25) is 4.90 Å². The Morgan fingerprint density at radius 3 is 2.35 bits per heavy atom. The first kappa shape index (κ1) is 14.1. The van der Waals surface area contributed by atoms with E-state index in [0.717, 1.165) is 19.4 Å². The van der Waals surface area contributed by atoms with Crippen molar-refractivity contribution in [3.63, 3.8) is 0 Å². The van der Waals surface area contributed by atoms with Crippen molar-refractivity contribution in [2.75, 3.05) is 20.1 Å². The molecule has 0 aliphatic rings. The van der Waals surface area contributed by atoms with E-state index >= 15 is 0 Å². The molecule has 1 unspecified atom stereocenters. The molecule has 0 amide bonds. The number of nitrogens with two attached hydrogens (primary N) is 1. The highest BCUT2D eigenvalue weighted by Crippen LogP contribution is 2.24. The molecule has 2 N–H and O–H groups in total. The topological polar surface area (TPSA) is 29.3 Å². The molecule has 2 nitrogen and oxygen atoms in total. The highest BCUT2D eigenvalue weighted by molar-refractivity contribution is 5.23. The largest absolute Gasteiger partial charge is 0.329 e. The van der Waals surface area contributed by atoms with Gasteiger partial charge in [0.2, 0.25) is 0 Å². The van der Waals surface area contributed by atoms with Gasteiger partial charge in [0, 0.05) is 12.1 Å². The minimum absolute atomic E-state index is 0.0774. The van der Waals surface area contributed by atoms with E-state index < -0.39 is 17.7 Å². The van der Waals surface area contributed by atoms with E-state index in [1.807, 2.05) is 11.9 Å². The van der Waals surface area contributed by atoms with Gasteiger partial charge in [0.15, 0.2) is 0 Å². The highest BCUT2D eigenvalue weighted by atomic mass is 19.1. The standard InChI is InChI=1S/C13H20F2N2/c1-3-4-8-17(2)12(9-16)13-10(14)6-5-7-11(13)15/h5-7,12H,3-4,8-9,16H2,1-2H3. The molecule has 1 aromatic carbocycles. The second kappa shape index (κ2) is 6.67. The smallest absolute Gasteiger partial charge is 0.130 e. The maximum Gasteiger partial charge on any atom is 0.130 e. The summed E-state index contributed by atoms with van der Waals surface area (Å²) in [6, 6.07) is 3.51. The first-order valence-corrected chi connectivity index (χ1v) is 5.96. The van der Waals surface area contributed by atoms with Gasteiger partial charge in [-0.25, -0.2) is 8.78 Å². The number of benzene rings is 1. The molecule has 0 aromatic heterocycles. The van der Waals surface area contributed by atoms with Gasteiger partial charge in [-0.1, -0.05) is 19.4 Å². The Morgan fingerprint density at radius 1 is 1.29 bits per heavy atom. The molecule has 0 radical (unpaired) electrons. The van der Waals surface area contributed by atoms with Crippen LogP contribution in [0.2, 0.25) is 0 Å².